The van der Waals surface area contributed by atoms with E-state index in [4.69, 9.17) is 9.57 Å². The summed E-state index contributed by atoms with van der Waals surface area (Å²) in [5, 5.41) is 3.94. The Hall–Kier alpha value is -3.21. The molecule has 166 valence electrons. The average molecular weight is 432 g/mol. The molecule has 2 aliphatic carbocycles. The highest BCUT2D eigenvalue weighted by Gasteiger charge is 2.46. The van der Waals surface area contributed by atoms with Crippen LogP contribution >= 0.6 is 0 Å². The van der Waals surface area contributed by atoms with Gasteiger partial charge >= 0.3 is 11.9 Å². The van der Waals surface area contributed by atoms with Gasteiger partial charge < -0.3 is 9.57 Å². The number of aryl methyl sites for hydroxylation is 1. The molecule has 2 aromatic carbocycles. The van der Waals surface area contributed by atoms with Gasteiger partial charge in [-0.1, -0.05) is 42.4 Å². The number of oxime groups is 1. The summed E-state index contributed by atoms with van der Waals surface area (Å²) in [6, 6.07) is 15.1. The van der Waals surface area contributed by atoms with Crippen molar-refractivity contribution < 1.29 is 19.2 Å². The lowest BCUT2D eigenvalue weighted by Gasteiger charge is -2.49. The van der Waals surface area contributed by atoms with Crippen LogP contribution in [0.3, 0.4) is 0 Å². The number of nitrogens with zero attached hydrogens (tertiary/aromatic N) is 1. The summed E-state index contributed by atoms with van der Waals surface area (Å²) in [7, 11) is 0. The van der Waals surface area contributed by atoms with Crippen LogP contribution in [0.5, 0.6) is 5.75 Å². The maximum Gasteiger partial charge on any atom is 0.343 e. The van der Waals surface area contributed by atoms with E-state index in [1.165, 1.54) is 18.1 Å². The Labute approximate surface area is 189 Å². The van der Waals surface area contributed by atoms with Crippen molar-refractivity contribution in [2.24, 2.45) is 22.4 Å². The number of hydrogen-bond donors (Lipinski definition) is 0. The van der Waals surface area contributed by atoms with E-state index < -0.39 is 5.97 Å². The van der Waals surface area contributed by atoms with Crippen LogP contribution in [0.4, 0.5) is 0 Å². The van der Waals surface area contributed by atoms with Crippen LogP contribution in [0.15, 0.2) is 66.3 Å². The number of ether oxygens (including phenoxy) is 1. The minimum atomic E-state index is -0.413. The summed E-state index contributed by atoms with van der Waals surface area (Å²) >= 11 is 0. The van der Waals surface area contributed by atoms with Gasteiger partial charge in [0.25, 0.3) is 0 Å². The Balaban J connectivity index is 1.52. The van der Waals surface area contributed by atoms with Gasteiger partial charge in [-0.05, 0) is 78.8 Å². The lowest BCUT2D eigenvalue weighted by molar-refractivity contribution is -0.140. The number of esters is 1. The van der Waals surface area contributed by atoms with Gasteiger partial charge in [-0.25, -0.2) is 9.59 Å². The van der Waals surface area contributed by atoms with Crippen LogP contribution in [-0.2, 0) is 16.1 Å². The second kappa shape index (κ2) is 9.11. The third kappa shape index (κ3) is 4.38. The second-order valence-electron chi connectivity index (χ2n) is 9.05. The molecular formula is C27H29NO4. The van der Waals surface area contributed by atoms with E-state index >= 15 is 0 Å². The summed E-state index contributed by atoms with van der Waals surface area (Å²) in [6.07, 6.45) is 7.74. The van der Waals surface area contributed by atoms with Crippen LogP contribution in [0.25, 0.3) is 0 Å². The zero-order chi connectivity index (χ0) is 22.7. The molecule has 4 rings (SSSR count). The molecule has 32 heavy (non-hydrogen) atoms. The first-order chi connectivity index (χ1) is 15.4. The molecule has 0 aliphatic heterocycles. The predicted octanol–water partition coefficient (Wildman–Crippen LogP) is 5.70. The van der Waals surface area contributed by atoms with Crippen molar-refractivity contribution in [3.05, 3.63) is 77.9 Å². The summed E-state index contributed by atoms with van der Waals surface area (Å²) < 4.78 is 5.63. The van der Waals surface area contributed by atoms with Gasteiger partial charge in [0.2, 0.25) is 0 Å². The molecule has 0 heterocycles. The molecule has 2 aliphatic rings. The van der Waals surface area contributed by atoms with Gasteiger partial charge in [-0.2, -0.15) is 0 Å². The Morgan fingerprint density at radius 2 is 1.94 bits per heavy atom. The van der Waals surface area contributed by atoms with Crippen LogP contribution in [-0.4, -0.2) is 18.2 Å². The average Bonchev–Trinajstić information content (AvgIpc) is 2.79. The first-order valence-corrected chi connectivity index (χ1v) is 11.2. The molecule has 5 heteroatoms. The Kier molecular flexibility index (Phi) is 6.26. The van der Waals surface area contributed by atoms with Crippen molar-refractivity contribution in [1.82, 2.24) is 0 Å². The molecule has 0 radical (unpaired) electrons. The molecule has 0 bridgehead atoms. The van der Waals surface area contributed by atoms with Crippen molar-refractivity contribution in [2.45, 2.75) is 45.4 Å². The molecule has 5 nitrogen and oxygen atoms in total. The lowest BCUT2D eigenvalue weighted by atomic mass is 9.55. The summed E-state index contributed by atoms with van der Waals surface area (Å²) in [4.78, 5) is 28.3. The highest BCUT2D eigenvalue weighted by molar-refractivity contribution is 5.91. The predicted molar refractivity (Wildman–Crippen MR) is 124 cm³/mol. The van der Waals surface area contributed by atoms with Crippen LogP contribution in [0.2, 0.25) is 0 Å². The molecule has 2 aromatic rings. The van der Waals surface area contributed by atoms with Gasteiger partial charge in [-0.3, -0.25) is 0 Å². The number of rotatable bonds is 5. The standard InChI is InChI=1S/C27H29NO4/c1-4-25-24-12-10-20-16-21(31-26(30)19-8-6-5-7-9-19)11-13-22(20)23(24)14-15-27(25,3)17-28-32-18(2)29/h4-9,11,13,16-17,23-25H,1,10,12,14-15H2,2-3H3/b28-17+/t23-,24-,25+,27-/m1/s1. The minimum absolute atomic E-state index is 0.193. The molecular weight excluding hydrogens is 402 g/mol. The Bertz CT molecular complexity index is 1040. The number of allylic oxidation sites excluding steroid dienone is 1. The van der Waals surface area contributed by atoms with Crippen molar-refractivity contribution in [1.29, 1.82) is 0 Å². The van der Waals surface area contributed by atoms with E-state index in [0.29, 0.717) is 23.1 Å². The van der Waals surface area contributed by atoms with Crippen molar-refractivity contribution in [2.75, 3.05) is 0 Å². The SMILES string of the molecule is C=C[C@H]1[C@@H]2CCc3cc(OC(=O)c4ccccc4)ccc3[C@H]2CC[C@]1(C)/C=N/OC(C)=O. The summed E-state index contributed by atoms with van der Waals surface area (Å²) in [6.45, 7) is 7.64. The molecule has 0 spiro atoms. The number of benzene rings is 2. The molecule has 0 N–H and O–H groups in total. The fourth-order valence-corrected chi connectivity index (χ4v) is 5.46. The summed E-state index contributed by atoms with van der Waals surface area (Å²) in [5.41, 5.74) is 2.94. The van der Waals surface area contributed by atoms with E-state index in [0.717, 1.165) is 25.7 Å². The fraction of sp³-hybridized carbons (Fsp3) is 0.370. The smallest absolute Gasteiger partial charge is 0.343 e. The fourth-order valence-electron chi connectivity index (χ4n) is 5.46. The highest BCUT2D eigenvalue weighted by Crippen LogP contribution is 2.54. The first kappa shape index (κ1) is 22.0. The maximum atomic E-state index is 12.4. The highest BCUT2D eigenvalue weighted by atomic mass is 16.7. The third-order valence-corrected chi connectivity index (χ3v) is 7.00. The molecule has 0 unspecified atom stereocenters. The quantitative estimate of drug-likeness (QED) is 0.152. The molecule has 1 fully saturated rings. The van der Waals surface area contributed by atoms with Crippen molar-refractivity contribution >= 4 is 18.2 Å². The molecule has 0 amide bonds. The topological polar surface area (TPSA) is 65.0 Å². The monoisotopic (exact) mass is 431 g/mol. The number of hydrogen-bond acceptors (Lipinski definition) is 5. The van der Waals surface area contributed by atoms with Gasteiger partial charge in [0.1, 0.15) is 5.75 Å². The zero-order valence-corrected chi connectivity index (χ0v) is 18.6. The number of carbonyl (C=O) groups is 2. The van der Waals surface area contributed by atoms with Crippen LogP contribution in [0.1, 0.15) is 60.5 Å². The van der Waals surface area contributed by atoms with Gasteiger partial charge in [-0.15, -0.1) is 6.58 Å². The van der Waals surface area contributed by atoms with Crippen molar-refractivity contribution in [3.8, 4) is 5.75 Å². The van der Waals surface area contributed by atoms with Crippen LogP contribution < -0.4 is 4.74 Å². The Morgan fingerprint density at radius 3 is 2.66 bits per heavy atom. The molecule has 4 atom stereocenters. The molecule has 0 aromatic heterocycles. The van der Waals surface area contributed by atoms with Gasteiger partial charge in [0, 0.05) is 12.3 Å². The van der Waals surface area contributed by atoms with E-state index in [1.807, 2.05) is 36.4 Å². The molecule has 1 saturated carbocycles. The zero-order valence-electron chi connectivity index (χ0n) is 18.6. The van der Waals surface area contributed by atoms with E-state index in [2.05, 4.69) is 24.7 Å². The maximum absolute atomic E-state index is 12.4. The largest absolute Gasteiger partial charge is 0.423 e. The van der Waals surface area contributed by atoms with Gasteiger partial charge in [0.15, 0.2) is 0 Å². The second-order valence-corrected chi connectivity index (χ2v) is 9.05. The summed E-state index contributed by atoms with van der Waals surface area (Å²) in [5.74, 6) is 0.946. The van der Waals surface area contributed by atoms with E-state index in [-0.39, 0.29) is 17.3 Å². The lowest BCUT2D eigenvalue weighted by Crippen LogP contribution is -2.42. The third-order valence-electron chi connectivity index (χ3n) is 7.00. The normalized spacial score (nSPS) is 26.6. The number of carbonyl (C=O) groups excluding carboxylic acids is 2. The van der Waals surface area contributed by atoms with Crippen molar-refractivity contribution in [3.63, 3.8) is 0 Å². The van der Waals surface area contributed by atoms with E-state index in [1.54, 1.807) is 18.3 Å². The molecule has 0 saturated heterocycles. The van der Waals surface area contributed by atoms with E-state index in [9.17, 15) is 9.59 Å². The number of fused-ring (bicyclic) bond motifs is 3. The Morgan fingerprint density at radius 1 is 1.16 bits per heavy atom. The van der Waals surface area contributed by atoms with Crippen LogP contribution in [0, 0.1) is 17.3 Å². The van der Waals surface area contributed by atoms with Gasteiger partial charge in [0.05, 0.1) is 11.8 Å². The first-order valence-electron chi connectivity index (χ1n) is 11.2. The minimum Gasteiger partial charge on any atom is -0.423 e.